The zero-order valence-electron chi connectivity index (χ0n) is 14.4. The summed E-state index contributed by atoms with van der Waals surface area (Å²) in [6.45, 7) is 4.98. The SMILES string of the molecule is CC(C)CNC(=O)c1ccnc(C(=O)NCCc2ccc(F)cc2)c1. The lowest BCUT2D eigenvalue weighted by molar-refractivity contribution is 0.0949. The standard InChI is InChI=1S/C19H22FN3O2/c1-13(2)12-23-18(24)15-8-10-21-17(11-15)19(25)22-9-7-14-3-5-16(20)6-4-14/h3-6,8,10-11,13H,7,9,12H2,1-2H3,(H,22,25)(H,23,24). The zero-order chi connectivity index (χ0) is 18.2. The first kappa shape index (κ1) is 18.6. The van der Waals surface area contributed by atoms with E-state index in [2.05, 4.69) is 15.6 Å². The van der Waals surface area contributed by atoms with Gasteiger partial charge in [-0.1, -0.05) is 26.0 Å². The number of carbonyl (C=O) groups is 2. The molecule has 0 aliphatic carbocycles. The molecule has 0 spiro atoms. The fourth-order valence-electron chi connectivity index (χ4n) is 2.16. The van der Waals surface area contributed by atoms with E-state index in [0.717, 1.165) is 5.56 Å². The fourth-order valence-corrected chi connectivity index (χ4v) is 2.16. The van der Waals surface area contributed by atoms with E-state index >= 15 is 0 Å². The van der Waals surface area contributed by atoms with Crippen LogP contribution in [0, 0.1) is 11.7 Å². The molecule has 1 aromatic heterocycles. The molecule has 25 heavy (non-hydrogen) atoms. The summed E-state index contributed by atoms with van der Waals surface area (Å²) in [4.78, 5) is 28.2. The second kappa shape index (κ2) is 8.92. The molecular formula is C19H22FN3O2. The number of aromatic nitrogens is 1. The Bertz CT molecular complexity index is 730. The van der Waals surface area contributed by atoms with E-state index in [1.54, 1.807) is 18.2 Å². The van der Waals surface area contributed by atoms with Gasteiger partial charge in [0, 0.05) is 24.8 Å². The van der Waals surface area contributed by atoms with Gasteiger partial charge in [0.15, 0.2) is 0 Å². The maximum Gasteiger partial charge on any atom is 0.269 e. The van der Waals surface area contributed by atoms with Crippen molar-refractivity contribution in [3.05, 3.63) is 65.2 Å². The lowest BCUT2D eigenvalue weighted by Crippen LogP contribution is -2.29. The van der Waals surface area contributed by atoms with Gasteiger partial charge in [0.2, 0.25) is 0 Å². The molecule has 1 aromatic carbocycles. The van der Waals surface area contributed by atoms with E-state index in [4.69, 9.17) is 0 Å². The van der Waals surface area contributed by atoms with Crippen molar-refractivity contribution in [1.82, 2.24) is 15.6 Å². The van der Waals surface area contributed by atoms with Gasteiger partial charge in [-0.05, 0) is 42.2 Å². The summed E-state index contributed by atoms with van der Waals surface area (Å²) in [6.07, 6.45) is 2.03. The largest absolute Gasteiger partial charge is 0.352 e. The minimum absolute atomic E-state index is 0.191. The third-order valence-electron chi connectivity index (χ3n) is 3.54. The number of benzene rings is 1. The molecule has 2 aromatic rings. The molecule has 0 fully saturated rings. The number of nitrogens with zero attached hydrogens (tertiary/aromatic N) is 1. The second-order valence-electron chi connectivity index (χ2n) is 6.17. The van der Waals surface area contributed by atoms with Crippen LogP contribution in [0.1, 0.15) is 40.3 Å². The molecule has 0 saturated carbocycles. The number of nitrogens with one attached hydrogen (secondary N) is 2. The van der Waals surface area contributed by atoms with Gasteiger partial charge in [0.05, 0.1) is 0 Å². The summed E-state index contributed by atoms with van der Waals surface area (Å²) in [7, 11) is 0. The monoisotopic (exact) mass is 343 g/mol. The van der Waals surface area contributed by atoms with Crippen LogP contribution in [0.25, 0.3) is 0 Å². The number of halogens is 1. The maximum absolute atomic E-state index is 12.8. The van der Waals surface area contributed by atoms with Gasteiger partial charge in [0.25, 0.3) is 11.8 Å². The number of hydrogen-bond donors (Lipinski definition) is 2. The van der Waals surface area contributed by atoms with Crippen LogP contribution in [0.15, 0.2) is 42.6 Å². The highest BCUT2D eigenvalue weighted by Gasteiger charge is 2.11. The Kier molecular flexibility index (Phi) is 6.62. The minimum atomic E-state index is -0.347. The van der Waals surface area contributed by atoms with Crippen LogP contribution < -0.4 is 10.6 Å². The van der Waals surface area contributed by atoms with Crippen LogP contribution in [0.2, 0.25) is 0 Å². The van der Waals surface area contributed by atoms with Crippen LogP contribution >= 0.6 is 0 Å². The van der Waals surface area contributed by atoms with E-state index in [0.29, 0.717) is 31.0 Å². The lowest BCUT2D eigenvalue weighted by atomic mass is 10.1. The van der Waals surface area contributed by atoms with Crippen molar-refractivity contribution in [1.29, 1.82) is 0 Å². The summed E-state index contributed by atoms with van der Waals surface area (Å²) in [5.41, 5.74) is 1.52. The van der Waals surface area contributed by atoms with Gasteiger partial charge in [-0.15, -0.1) is 0 Å². The van der Waals surface area contributed by atoms with Crippen LogP contribution in [0.5, 0.6) is 0 Å². The Morgan fingerprint density at radius 2 is 1.80 bits per heavy atom. The predicted molar refractivity (Wildman–Crippen MR) is 93.8 cm³/mol. The highest BCUT2D eigenvalue weighted by atomic mass is 19.1. The summed E-state index contributed by atoms with van der Waals surface area (Å²) in [5.74, 6) is -0.512. The van der Waals surface area contributed by atoms with Crippen LogP contribution in [-0.4, -0.2) is 29.9 Å². The fraction of sp³-hybridized carbons (Fsp3) is 0.316. The van der Waals surface area contributed by atoms with Crippen molar-refractivity contribution in [2.75, 3.05) is 13.1 Å². The number of hydrogen-bond acceptors (Lipinski definition) is 3. The molecule has 1 heterocycles. The number of pyridine rings is 1. The number of carbonyl (C=O) groups excluding carboxylic acids is 2. The third kappa shape index (κ3) is 5.99. The summed E-state index contributed by atoms with van der Waals surface area (Å²) in [6, 6.07) is 9.18. The molecule has 0 aliphatic heterocycles. The smallest absolute Gasteiger partial charge is 0.269 e. The Balaban J connectivity index is 1.89. The highest BCUT2D eigenvalue weighted by Crippen LogP contribution is 2.05. The van der Waals surface area contributed by atoms with Gasteiger partial charge < -0.3 is 10.6 Å². The van der Waals surface area contributed by atoms with E-state index in [-0.39, 0.29) is 23.3 Å². The predicted octanol–water partition coefficient (Wildman–Crippen LogP) is 2.58. The zero-order valence-corrected chi connectivity index (χ0v) is 14.4. The third-order valence-corrected chi connectivity index (χ3v) is 3.54. The van der Waals surface area contributed by atoms with E-state index < -0.39 is 0 Å². The Morgan fingerprint density at radius 1 is 1.08 bits per heavy atom. The molecule has 0 atom stereocenters. The van der Waals surface area contributed by atoms with Crippen molar-refractivity contribution in [3.63, 3.8) is 0 Å². The van der Waals surface area contributed by atoms with Crippen LogP contribution in [0.3, 0.4) is 0 Å². The molecule has 6 heteroatoms. The van der Waals surface area contributed by atoms with Crippen molar-refractivity contribution < 1.29 is 14.0 Å². The molecule has 5 nitrogen and oxygen atoms in total. The molecule has 0 saturated heterocycles. The molecule has 2 rings (SSSR count). The first-order valence-corrected chi connectivity index (χ1v) is 8.22. The topological polar surface area (TPSA) is 71.1 Å². The van der Waals surface area contributed by atoms with Crippen molar-refractivity contribution in [2.45, 2.75) is 20.3 Å². The summed E-state index contributed by atoms with van der Waals surface area (Å²) < 4.78 is 12.8. The lowest BCUT2D eigenvalue weighted by Gasteiger charge is -2.09. The summed E-state index contributed by atoms with van der Waals surface area (Å²) in [5, 5.41) is 5.56. The van der Waals surface area contributed by atoms with Crippen LogP contribution in [0.4, 0.5) is 4.39 Å². The molecule has 2 amide bonds. The molecule has 0 radical (unpaired) electrons. The van der Waals surface area contributed by atoms with E-state index in [1.165, 1.54) is 24.4 Å². The van der Waals surface area contributed by atoms with Gasteiger partial charge in [-0.3, -0.25) is 14.6 Å². The Hall–Kier alpha value is -2.76. The molecular weight excluding hydrogens is 321 g/mol. The van der Waals surface area contributed by atoms with E-state index in [9.17, 15) is 14.0 Å². The average Bonchev–Trinajstić information content (AvgIpc) is 2.61. The quantitative estimate of drug-likeness (QED) is 0.812. The van der Waals surface area contributed by atoms with Gasteiger partial charge >= 0.3 is 0 Å². The Morgan fingerprint density at radius 3 is 2.48 bits per heavy atom. The molecule has 0 unspecified atom stereocenters. The van der Waals surface area contributed by atoms with Crippen molar-refractivity contribution in [3.8, 4) is 0 Å². The minimum Gasteiger partial charge on any atom is -0.352 e. The van der Waals surface area contributed by atoms with Gasteiger partial charge in [-0.25, -0.2) is 4.39 Å². The molecule has 0 bridgehead atoms. The highest BCUT2D eigenvalue weighted by molar-refractivity contribution is 5.98. The first-order chi connectivity index (χ1) is 12.0. The summed E-state index contributed by atoms with van der Waals surface area (Å²) >= 11 is 0. The van der Waals surface area contributed by atoms with E-state index in [1.807, 2.05) is 13.8 Å². The number of amides is 2. The van der Waals surface area contributed by atoms with Crippen LogP contribution in [-0.2, 0) is 6.42 Å². The van der Waals surface area contributed by atoms with Crippen molar-refractivity contribution in [2.24, 2.45) is 5.92 Å². The second-order valence-corrected chi connectivity index (χ2v) is 6.17. The van der Waals surface area contributed by atoms with Gasteiger partial charge in [-0.2, -0.15) is 0 Å². The van der Waals surface area contributed by atoms with Crippen molar-refractivity contribution >= 4 is 11.8 Å². The van der Waals surface area contributed by atoms with Gasteiger partial charge in [0.1, 0.15) is 11.5 Å². The number of rotatable bonds is 7. The molecule has 2 N–H and O–H groups in total. The first-order valence-electron chi connectivity index (χ1n) is 8.22. The average molecular weight is 343 g/mol. The Labute approximate surface area is 146 Å². The maximum atomic E-state index is 12.8. The molecule has 0 aliphatic rings. The normalized spacial score (nSPS) is 10.6. The molecule has 132 valence electrons.